The van der Waals surface area contributed by atoms with Crippen molar-refractivity contribution < 1.29 is 14.7 Å². The maximum atomic E-state index is 12.4. The van der Waals surface area contributed by atoms with Gasteiger partial charge in [-0.3, -0.25) is 14.5 Å². The second-order valence-electron chi connectivity index (χ2n) is 8.22. The van der Waals surface area contributed by atoms with Crippen molar-refractivity contribution >= 4 is 18.0 Å². The van der Waals surface area contributed by atoms with Crippen molar-refractivity contribution in [2.45, 2.75) is 19.8 Å². The van der Waals surface area contributed by atoms with Crippen LogP contribution in [-0.2, 0) is 9.59 Å². The summed E-state index contributed by atoms with van der Waals surface area (Å²) in [5.41, 5.74) is 1.60. The van der Waals surface area contributed by atoms with Gasteiger partial charge in [-0.25, -0.2) is 0 Å². The summed E-state index contributed by atoms with van der Waals surface area (Å²) < 4.78 is 0. The van der Waals surface area contributed by atoms with E-state index in [4.69, 9.17) is 0 Å². The first kappa shape index (κ1) is 17.3. The zero-order chi connectivity index (χ0) is 18.3. The maximum absolute atomic E-state index is 12.4. The summed E-state index contributed by atoms with van der Waals surface area (Å²) in [4.78, 5) is 28.5. The molecule has 2 atom stereocenters. The molecule has 3 aliphatic rings. The molecule has 4 rings (SSSR count). The van der Waals surface area contributed by atoms with E-state index in [9.17, 15) is 14.7 Å². The fraction of sp³-hybridized carbons (Fsp3) is 0.524. The molecule has 0 unspecified atom stereocenters. The van der Waals surface area contributed by atoms with Crippen molar-refractivity contribution in [3.8, 4) is 0 Å². The van der Waals surface area contributed by atoms with E-state index in [1.165, 1.54) is 11.1 Å². The van der Waals surface area contributed by atoms with Crippen molar-refractivity contribution in [3.63, 3.8) is 0 Å². The third-order valence-electron chi connectivity index (χ3n) is 6.03. The van der Waals surface area contributed by atoms with Crippen LogP contribution >= 0.6 is 0 Å². The molecule has 1 aliphatic carbocycles. The minimum absolute atomic E-state index is 0.0345. The van der Waals surface area contributed by atoms with Crippen molar-refractivity contribution in [1.29, 1.82) is 0 Å². The minimum Gasteiger partial charge on any atom is -0.481 e. The number of carbonyl (C=O) groups is 2. The Kier molecular flexibility index (Phi) is 4.35. The molecule has 1 aromatic rings. The van der Waals surface area contributed by atoms with Gasteiger partial charge in [0.05, 0.1) is 0 Å². The third-order valence-corrected chi connectivity index (χ3v) is 6.03. The zero-order valence-electron chi connectivity index (χ0n) is 15.2. The van der Waals surface area contributed by atoms with E-state index >= 15 is 0 Å². The van der Waals surface area contributed by atoms with Crippen LogP contribution in [0.3, 0.4) is 0 Å². The van der Waals surface area contributed by atoms with Gasteiger partial charge in [-0.2, -0.15) is 0 Å². The Hall–Kier alpha value is -2.14. The predicted octanol–water partition coefficient (Wildman–Crippen LogP) is 2.34. The van der Waals surface area contributed by atoms with Crippen LogP contribution in [0, 0.1) is 17.3 Å². The SMILES string of the molecule is CC(=Cc1ccccc1)CN1C[C@@H]2CN(C(=O)C3CC3)C[C@]2(C(=O)O)C1. The number of rotatable bonds is 5. The fourth-order valence-electron chi connectivity index (χ4n) is 4.58. The highest BCUT2D eigenvalue weighted by molar-refractivity contribution is 5.84. The molecule has 0 radical (unpaired) electrons. The summed E-state index contributed by atoms with van der Waals surface area (Å²) in [5.74, 6) is -0.383. The van der Waals surface area contributed by atoms with Crippen LogP contribution in [0.5, 0.6) is 0 Å². The Morgan fingerprint density at radius 1 is 1.19 bits per heavy atom. The highest BCUT2D eigenvalue weighted by atomic mass is 16.4. The van der Waals surface area contributed by atoms with Crippen LogP contribution in [0.15, 0.2) is 35.9 Å². The number of hydrogen-bond donors (Lipinski definition) is 1. The summed E-state index contributed by atoms with van der Waals surface area (Å²) in [7, 11) is 0. The summed E-state index contributed by atoms with van der Waals surface area (Å²) >= 11 is 0. The lowest BCUT2D eigenvalue weighted by molar-refractivity contribution is -0.149. The second kappa shape index (κ2) is 6.54. The molecule has 2 saturated heterocycles. The smallest absolute Gasteiger partial charge is 0.313 e. The molecule has 0 spiro atoms. The number of carbonyl (C=O) groups excluding carboxylic acids is 1. The van der Waals surface area contributed by atoms with Gasteiger partial charge in [0.2, 0.25) is 5.91 Å². The third kappa shape index (κ3) is 3.16. The standard InChI is InChI=1S/C21H26N2O3/c1-15(9-16-5-3-2-4-6-16)10-22-11-18-12-23(19(24)17-7-8-17)14-21(18,13-22)20(25)26/h2-6,9,17-18H,7-8,10-14H2,1H3,(H,25,26)/t18-,21-/m1/s1. The van der Waals surface area contributed by atoms with E-state index in [-0.39, 0.29) is 17.7 Å². The molecule has 0 bridgehead atoms. The van der Waals surface area contributed by atoms with Crippen molar-refractivity contribution in [2.75, 3.05) is 32.7 Å². The average Bonchev–Trinajstić information content (AvgIpc) is 3.30. The summed E-state index contributed by atoms with van der Waals surface area (Å²) in [6.45, 7) is 5.12. The monoisotopic (exact) mass is 354 g/mol. The Labute approximate surface area is 154 Å². The molecular formula is C21H26N2O3. The fourth-order valence-corrected chi connectivity index (χ4v) is 4.58. The molecule has 1 N–H and O–H groups in total. The van der Waals surface area contributed by atoms with E-state index in [1.807, 2.05) is 23.1 Å². The number of nitrogens with zero attached hydrogens (tertiary/aromatic N) is 2. The van der Waals surface area contributed by atoms with Gasteiger partial charge in [-0.1, -0.05) is 42.0 Å². The van der Waals surface area contributed by atoms with Gasteiger partial charge in [0.15, 0.2) is 0 Å². The summed E-state index contributed by atoms with van der Waals surface area (Å²) in [6.07, 6.45) is 4.09. The first-order chi connectivity index (χ1) is 12.5. The van der Waals surface area contributed by atoms with Crippen LogP contribution in [0.4, 0.5) is 0 Å². The summed E-state index contributed by atoms with van der Waals surface area (Å²) in [5, 5.41) is 9.94. The molecule has 138 valence electrons. The lowest BCUT2D eigenvalue weighted by atomic mass is 9.81. The van der Waals surface area contributed by atoms with E-state index in [1.54, 1.807) is 0 Å². The molecule has 2 aliphatic heterocycles. The van der Waals surface area contributed by atoms with E-state index in [2.05, 4.69) is 30.0 Å². The largest absolute Gasteiger partial charge is 0.481 e. The number of carboxylic acids is 1. The normalized spacial score (nSPS) is 29.0. The average molecular weight is 354 g/mol. The van der Waals surface area contributed by atoms with Crippen LogP contribution in [0.25, 0.3) is 6.08 Å². The number of amides is 1. The number of hydrogen-bond acceptors (Lipinski definition) is 3. The van der Waals surface area contributed by atoms with E-state index < -0.39 is 11.4 Å². The van der Waals surface area contributed by atoms with Gasteiger partial charge >= 0.3 is 5.97 Å². The Morgan fingerprint density at radius 3 is 2.54 bits per heavy atom. The Morgan fingerprint density at radius 2 is 1.92 bits per heavy atom. The Bertz CT molecular complexity index is 741. The molecule has 5 nitrogen and oxygen atoms in total. The predicted molar refractivity (Wildman–Crippen MR) is 99.4 cm³/mol. The molecule has 1 saturated carbocycles. The maximum Gasteiger partial charge on any atom is 0.313 e. The summed E-state index contributed by atoms with van der Waals surface area (Å²) in [6, 6.07) is 10.2. The van der Waals surface area contributed by atoms with Crippen LogP contribution in [0.2, 0.25) is 0 Å². The molecule has 1 amide bonds. The lowest BCUT2D eigenvalue weighted by Crippen LogP contribution is -2.42. The van der Waals surface area contributed by atoms with Gasteiger partial charge < -0.3 is 10.0 Å². The highest BCUT2D eigenvalue weighted by Gasteiger charge is 2.59. The van der Waals surface area contributed by atoms with E-state index in [0.717, 1.165) is 25.9 Å². The molecule has 0 aromatic heterocycles. The van der Waals surface area contributed by atoms with Crippen molar-refractivity contribution in [1.82, 2.24) is 9.80 Å². The van der Waals surface area contributed by atoms with Crippen molar-refractivity contribution in [3.05, 3.63) is 41.5 Å². The first-order valence-corrected chi connectivity index (χ1v) is 9.45. The van der Waals surface area contributed by atoms with Gasteiger partial charge in [0.25, 0.3) is 0 Å². The molecule has 1 aromatic carbocycles. The number of carboxylic acid groups (broad SMARTS) is 1. The van der Waals surface area contributed by atoms with E-state index in [0.29, 0.717) is 19.6 Å². The molecule has 5 heteroatoms. The van der Waals surface area contributed by atoms with Gasteiger partial charge in [0, 0.05) is 44.6 Å². The van der Waals surface area contributed by atoms with Gasteiger partial charge in [-0.15, -0.1) is 0 Å². The topological polar surface area (TPSA) is 60.9 Å². The highest BCUT2D eigenvalue weighted by Crippen LogP contribution is 2.44. The van der Waals surface area contributed by atoms with Crippen molar-refractivity contribution in [2.24, 2.45) is 17.3 Å². The molecule has 2 heterocycles. The van der Waals surface area contributed by atoms with Crippen LogP contribution < -0.4 is 0 Å². The number of aliphatic carboxylic acids is 1. The van der Waals surface area contributed by atoms with Gasteiger partial charge in [0.1, 0.15) is 5.41 Å². The zero-order valence-corrected chi connectivity index (χ0v) is 15.2. The van der Waals surface area contributed by atoms with Crippen LogP contribution in [0.1, 0.15) is 25.3 Å². The lowest BCUT2D eigenvalue weighted by Gasteiger charge is -2.25. The molecule has 3 fully saturated rings. The first-order valence-electron chi connectivity index (χ1n) is 9.45. The number of likely N-dealkylation sites (tertiary alicyclic amines) is 2. The quantitative estimate of drug-likeness (QED) is 0.882. The second-order valence-corrected chi connectivity index (χ2v) is 8.22. The van der Waals surface area contributed by atoms with Crippen LogP contribution in [-0.4, -0.2) is 59.5 Å². The number of fused-ring (bicyclic) bond motifs is 1. The minimum atomic E-state index is -0.794. The number of benzene rings is 1. The van der Waals surface area contributed by atoms with Gasteiger partial charge in [-0.05, 0) is 25.3 Å². The molecule has 26 heavy (non-hydrogen) atoms. The molecular weight excluding hydrogens is 328 g/mol. The Balaban J connectivity index is 1.44.